The van der Waals surface area contributed by atoms with E-state index in [2.05, 4.69) is 5.32 Å². The van der Waals surface area contributed by atoms with Gasteiger partial charge in [0.15, 0.2) is 0 Å². The number of amides is 1. The summed E-state index contributed by atoms with van der Waals surface area (Å²) in [5.74, 6) is -0.223. The molecule has 0 spiro atoms. The second-order valence-electron chi connectivity index (χ2n) is 1.38. The molecule has 0 saturated carbocycles. The highest BCUT2D eigenvalue weighted by Gasteiger charge is 1.88. The van der Waals surface area contributed by atoms with Crippen molar-refractivity contribution in [3.63, 3.8) is 0 Å². The molecule has 0 aromatic rings. The summed E-state index contributed by atoms with van der Waals surface area (Å²) in [5, 5.41) is 10.3. The Labute approximate surface area is 54.0 Å². The number of nitriles is 1. The maximum atomic E-state index is 10.5. The summed E-state index contributed by atoms with van der Waals surface area (Å²) in [6.45, 7) is 1.81. The molecule has 0 aliphatic carbocycles. The first-order valence-electron chi connectivity index (χ1n) is 2.58. The molecule has 9 heavy (non-hydrogen) atoms. The Morgan fingerprint density at radius 2 is 2.56 bits per heavy atom. The van der Waals surface area contributed by atoms with Gasteiger partial charge in [-0.05, 0) is 13.0 Å². The van der Waals surface area contributed by atoms with Crippen molar-refractivity contribution < 1.29 is 4.79 Å². The van der Waals surface area contributed by atoms with Crippen LogP contribution in [-0.4, -0.2) is 12.5 Å². The highest BCUT2D eigenvalue weighted by molar-refractivity contribution is 5.87. The van der Waals surface area contributed by atoms with Gasteiger partial charge in [0.05, 0.1) is 6.07 Å². The third-order valence-electron chi connectivity index (χ3n) is 0.660. The molecule has 0 radical (unpaired) electrons. The van der Waals surface area contributed by atoms with Crippen molar-refractivity contribution in [1.29, 1.82) is 5.26 Å². The Morgan fingerprint density at radius 3 is 3.00 bits per heavy atom. The van der Waals surface area contributed by atoms with Gasteiger partial charge in [-0.3, -0.25) is 4.79 Å². The predicted octanol–water partition coefficient (Wildman–Crippen LogP) is 0.202. The summed E-state index contributed by atoms with van der Waals surface area (Å²) in [6.07, 6.45) is 2.99. The van der Waals surface area contributed by atoms with Gasteiger partial charge in [0.1, 0.15) is 6.54 Å². The number of hydrogen-bond acceptors (Lipinski definition) is 2. The third kappa shape index (κ3) is 4.56. The second-order valence-corrected chi connectivity index (χ2v) is 1.38. The van der Waals surface area contributed by atoms with Gasteiger partial charge in [0.25, 0.3) is 0 Å². The molecular weight excluding hydrogens is 116 g/mol. The van der Waals surface area contributed by atoms with E-state index in [9.17, 15) is 4.79 Å². The Kier molecular flexibility index (Phi) is 4.15. The molecule has 3 nitrogen and oxygen atoms in total. The van der Waals surface area contributed by atoms with E-state index in [0.29, 0.717) is 0 Å². The zero-order chi connectivity index (χ0) is 7.11. The molecule has 0 unspecified atom stereocenters. The van der Waals surface area contributed by atoms with E-state index < -0.39 is 0 Å². The molecule has 0 atom stereocenters. The lowest BCUT2D eigenvalue weighted by molar-refractivity contribution is -0.116. The van der Waals surface area contributed by atoms with Crippen molar-refractivity contribution in [2.45, 2.75) is 6.92 Å². The van der Waals surface area contributed by atoms with E-state index in [-0.39, 0.29) is 12.5 Å². The van der Waals surface area contributed by atoms with Crippen molar-refractivity contribution in [2.75, 3.05) is 6.54 Å². The van der Waals surface area contributed by atoms with Crippen molar-refractivity contribution in [3.8, 4) is 6.07 Å². The summed E-state index contributed by atoms with van der Waals surface area (Å²) in [5.41, 5.74) is 0. The molecule has 1 N–H and O–H groups in total. The van der Waals surface area contributed by atoms with Crippen LogP contribution in [0.3, 0.4) is 0 Å². The first kappa shape index (κ1) is 7.70. The summed E-state index contributed by atoms with van der Waals surface area (Å²) in [7, 11) is 0. The standard InChI is InChI=1S/C6H8N2O/c1-2-3-6(9)8-5-4-7/h2-3H,5H2,1H3,(H,8,9)/b3-2+. The average Bonchev–Trinajstić information content (AvgIpc) is 1.85. The maximum Gasteiger partial charge on any atom is 0.244 e. The van der Waals surface area contributed by atoms with E-state index in [4.69, 9.17) is 5.26 Å². The number of rotatable bonds is 2. The van der Waals surface area contributed by atoms with Gasteiger partial charge in [0.2, 0.25) is 5.91 Å². The number of hydrogen-bond donors (Lipinski definition) is 1. The molecule has 0 fully saturated rings. The minimum Gasteiger partial charge on any atom is -0.339 e. The van der Waals surface area contributed by atoms with Crippen molar-refractivity contribution in [2.24, 2.45) is 0 Å². The van der Waals surface area contributed by atoms with E-state index in [1.807, 2.05) is 0 Å². The van der Waals surface area contributed by atoms with Gasteiger partial charge >= 0.3 is 0 Å². The molecule has 0 aromatic heterocycles. The van der Waals surface area contributed by atoms with Gasteiger partial charge in [-0.1, -0.05) is 6.08 Å². The summed E-state index contributed by atoms with van der Waals surface area (Å²) < 4.78 is 0. The Bertz CT molecular complexity index is 155. The first-order chi connectivity index (χ1) is 4.31. The zero-order valence-electron chi connectivity index (χ0n) is 5.22. The van der Waals surface area contributed by atoms with E-state index in [1.54, 1.807) is 19.1 Å². The first-order valence-corrected chi connectivity index (χ1v) is 2.58. The highest BCUT2D eigenvalue weighted by atomic mass is 16.1. The number of carbonyl (C=O) groups is 1. The Balaban J connectivity index is 3.42. The Hall–Kier alpha value is -1.30. The van der Waals surface area contributed by atoms with Crippen LogP contribution in [0.25, 0.3) is 0 Å². The average molecular weight is 124 g/mol. The van der Waals surface area contributed by atoms with E-state index >= 15 is 0 Å². The van der Waals surface area contributed by atoms with E-state index in [0.717, 1.165) is 0 Å². The molecule has 0 saturated heterocycles. The molecule has 0 aliphatic heterocycles. The van der Waals surface area contributed by atoms with Gasteiger partial charge < -0.3 is 5.32 Å². The van der Waals surface area contributed by atoms with Crippen LogP contribution in [0.2, 0.25) is 0 Å². The van der Waals surface area contributed by atoms with E-state index in [1.165, 1.54) is 6.08 Å². The summed E-state index contributed by atoms with van der Waals surface area (Å²) in [4.78, 5) is 10.5. The van der Waals surface area contributed by atoms with Crippen molar-refractivity contribution in [3.05, 3.63) is 12.2 Å². The smallest absolute Gasteiger partial charge is 0.244 e. The fourth-order valence-corrected chi connectivity index (χ4v) is 0.337. The number of carbonyl (C=O) groups excluding carboxylic acids is 1. The minimum atomic E-state index is -0.223. The molecule has 0 aromatic carbocycles. The van der Waals surface area contributed by atoms with Gasteiger partial charge in [-0.15, -0.1) is 0 Å². The molecular formula is C6H8N2O. The predicted molar refractivity (Wildman–Crippen MR) is 33.4 cm³/mol. The summed E-state index contributed by atoms with van der Waals surface area (Å²) >= 11 is 0. The molecule has 0 bridgehead atoms. The van der Waals surface area contributed by atoms with Crippen LogP contribution < -0.4 is 5.32 Å². The van der Waals surface area contributed by atoms with Crippen LogP contribution in [0.1, 0.15) is 6.92 Å². The lowest BCUT2D eigenvalue weighted by Gasteiger charge is -1.89. The summed E-state index contributed by atoms with van der Waals surface area (Å²) in [6, 6.07) is 1.79. The molecule has 0 aliphatic rings. The van der Waals surface area contributed by atoms with Crippen LogP contribution in [0.4, 0.5) is 0 Å². The quantitative estimate of drug-likeness (QED) is 0.422. The number of allylic oxidation sites excluding steroid dienone is 1. The second kappa shape index (κ2) is 4.85. The molecule has 48 valence electrons. The SMILES string of the molecule is C/C=C/C(=O)NCC#N. The largest absolute Gasteiger partial charge is 0.339 e. The zero-order valence-corrected chi connectivity index (χ0v) is 5.22. The lowest BCUT2D eigenvalue weighted by Crippen LogP contribution is -2.20. The fourth-order valence-electron chi connectivity index (χ4n) is 0.337. The maximum absolute atomic E-state index is 10.5. The normalized spacial score (nSPS) is 8.89. The van der Waals surface area contributed by atoms with Crippen LogP contribution in [0.15, 0.2) is 12.2 Å². The van der Waals surface area contributed by atoms with Gasteiger partial charge in [-0.25, -0.2) is 0 Å². The number of nitrogens with one attached hydrogen (secondary N) is 1. The van der Waals surface area contributed by atoms with Crippen LogP contribution in [0.5, 0.6) is 0 Å². The molecule has 3 heteroatoms. The monoisotopic (exact) mass is 124 g/mol. The topological polar surface area (TPSA) is 52.9 Å². The molecule has 0 heterocycles. The Morgan fingerprint density at radius 1 is 1.89 bits per heavy atom. The lowest BCUT2D eigenvalue weighted by atomic mass is 10.5. The third-order valence-corrected chi connectivity index (χ3v) is 0.660. The van der Waals surface area contributed by atoms with Crippen molar-refractivity contribution in [1.82, 2.24) is 5.32 Å². The highest BCUT2D eigenvalue weighted by Crippen LogP contribution is 1.69. The van der Waals surface area contributed by atoms with Crippen molar-refractivity contribution >= 4 is 5.91 Å². The molecule has 1 amide bonds. The molecule has 0 rings (SSSR count). The van der Waals surface area contributed by atoms with Gasteiger partial charge in [0, 0.05) is 0 Å². The number of nitrogens with zero attached hydrogens (tertiary/aromatic N) is 1. The van der Waals surface area contributed by atoms with Crippen LogP contribution >= 0.6 is 0 Å². The minimum absolute atomic E-state index is 0.0726. The van der Waals surface area contributed by atoms with Gasteiger partial charge in [-0.2, -0.15) is 5.26 Å². The van der Waals surface area contributed by atoms with Crippen LogP contribution in [0, 0.1) is 11.3 Å². The van der Waals surface area contributed by atoms with Crippen LogP contribution in [-0.2, 0) is 4.79 Å². The fraction of sp³-hybridized carbons (Fsp3) is 0.333.